The molecule has 0 bridgehead atoms. The standard InChI is InChI=1S/C17H34O.C2H4O2/c1-2-3-4-5-6-7-8-9-10-11-12-13-14-15-16-17-18;1-2(3)4/h9-10,18H,2-8,11-17H2,1H3;1H3,(H,3,4)/b10-9-;. The Morgan fingerprint density at radius 2 is 1.14 bits per heavy atom. The van der Waals surface area contributed by atoms with Gasteiger partial charge in [0.25, 0.3) is 5.97 Å². The number of hydrogen-bond acceptors (Lipinski definition) is 2. The van der Waals surface area contributed by atoms with Crippen LogP contribution in [0, 0.1) is 0 Å². The molecule has 0 atom stereocenters. The van der Waals surface area contributed by atoms with Crippen molar-refractivity contribution >= 4 is 5.97 Å². The van der Waals surface area contributed by atoms with E-state index in [4.69, 9.17) is 15.0 Å². The van der Waals surface area contributed by atoms with Crippen molar-refractivity contribution in [3.05, 3.63) is 12.2 Å². The summed E-state index contributed by atoms with van der Waals surface area (Å²) in [7, 11) is 0. The summed E-state index contributed by atoms with van der Waals surface area (Å²) in [6, 6.07) is 0. The molecule has 3 heteroatoms. The lowest BCUT2D eigenvalue weighted by Crippen LogP contribution is -1.83. The highest BCUT2D eigenvalue weighted by atomic mass is 16.4. The molecule has 3 nitrogen and oxygen atoms in total. The average Bonchev–Trinajstić information content (AvgIpc) is 2.47. The normalized spacial score (nSPS) is 10.5. The molecule has 0 aliphatic carbocycles. The lowest BCUT2D eigenvalue weighted by molar-refractivity contribution is -0.134. The van der Waals surface area contributed by atoms with Gasteiger partial charge in [0.2, 0.25) is 0 Å². The van der Waals surface area contributed by atoms with Crippen molar-refractivity contribution in [2.45, 2.75) is 97.3 Å². The number of aliphatic hydroxyl groups excluding tert-OH is 1. The fraction of sp³-hybridized carbons (Fsp3) is 0.842. The Balaban J connectivity index is 0. The smallest absolute Gasteiger partial charge is 0.300 e. The van der Waals surface area contributed by atoms with Crippen molar-refractivity contribution < 1.29 is 15.0 Å². The van der Waals surface area contributed by atoms with E-state index in [-0.39, 0.29) is 0 Å². The number of rotatable bonds is 14. The minimum atomic E-state index is -0.833. The topological polar surface area (TPSA) is 57.5 Å². The first-order valence-corrected chi connectivity index (χ1v) is 9.10. The quantitative estimate of drug-likeness (QED) is 0.318. The molecule has 0 rings (SSSR count). The van der Waals surface area contributed by atoms with Crippen LogP contribution in [-0.2, 0) is 4.79 Å². The van der Waals surface area contributed by atoms with Gasteiger partial charge in [-0.2, -0.15) is 0 Å². The van der Waals surface area contributed by atoms with Crippen LogP contribution in [0.1, 0.15) is 97.3 Å². The van der Waals surface area contributed by atoms with E-state index >= 15 is 0 Å². The molecule has 0 spiro atoms. The molecule has 0 unspecified atom stereocenters. The number of hydrogen-bond donors (Lipinski definition) is 2. The molecule has 132 valence electrons. The van der Waals surface area contributed by atoms with Gasteiger partial charge in [-0.15, -0.1) is 0 Å². The molecule has 0 aliphatic heterocycles. The van der Waals surface area contributed by atoms with E-state index in [1.807, 2.05) is 0 Å². The van der Waals surface area contributed by atoms with Crippen LogP contribution in [0.5, 0.6) is 0 Å². The second-order valence-corrected chi connectivity index (χ2v) is 5.83. The molecule has 0 aromatic heterocycles. The molecule has 0 radical (unpaired) electrons. The van der Waals surface area contributed by atoms with Crippen LogP contribution in [0.4, 0.5) is 0 Å². The molecule has 0 saturated heterocycles. The zero-order chi connectivity index (χ0) is 16.9. The summed E-state index contributed by atoms with van der Waals surface area (Å²) in [6.07, 6.45) is 21.7. The first kappa shape index (κ1) is 23.4. The van der Waals surface area contributed by atoms with Gasteiger partial charge in [-0.25, -0.2) is 0 Å². The molecule has 22 heavy (non-hydrogen) atoms. The van der Waals surface area contributed by atoms with Crippen molar-refractivity contribution in [1.82, 2.24) is 0 Å². The summed E-state index contributed by atoms with van der Waals surface area (Å²) in [5.74, 6) is -0.833. The van der Waals surface area contributed by atoms with E-state index in [2.05, 4.69) is 19.1 Å². The van der Waals surface area contributed by atoms with E-state index in [9.17, 15) is 0 Å². The zero-order valence-corrected chi connectivity index (χ0v) is 14.9. The van der Waals surface area contributed by atoms with Gasteiger partial charge in [0.1, 0.15) is 0 Å². The maximum atomic E-state index is 9.00. The van der Waals surface area contributed by atoms with Crippen LogP contribution < -0.4 is 0 Å². The number of aliphatic carboxylic acids is 1. The average molecular weight is 315 g/mol. The van der Waals surface area contributed by atoms with Crippen LogP contribution in [0.15, 0.2) is 12.2 Å². The Morgan fingerprint density at radius 1 is 0.773 bits per heavy atom. The van der Waals surface area contributed by atoms with Crippen molar-refractivity contribution in [3.63, 3.8) is 0 Å². The Hall–Kier alpha value is -0.830. The van der Waals surface area contributed by atoms with E-state index in [1.54, 1.807) is 0 Å². The Labute approximate surface area is 137 Å². The molecule has 0 heterocycles. The van der Waals surface area contributed by atoms with E-state index in [0.717, 1.165) is 13.3 Å². The Bertz CT molecular complexity index is 215. The van der Waals surface area contributed by atoms with Gasteiger partial charge in [0, 0.05) is 13.5 Å². The summed E-state index contributed by atoms with van der Waals surface area (Å²) in [5, 5.41) is 16.1. The molecule has 0 aliphatic rings. The third kappa shape index (κ3) is 31.5. The van der Waals surface area contributed by atoms with E-state index < -0.39 is 5.97 Å². The number of carboxylic acid groups (broad SMARTS) is 1. The number of carbonyl (C=O) groups is 1. The third-order valence-electron chi connectivity index (χ3n) is 3.42. The van der Waals surface area contributed by atoms with Gasteiger partial charge in [-0.3, -0.25) is 4.79 Å². The highest BCUT2D eigenvalue weighted by Crippen LogP contribution is 2.08. The van der Waals surface area contributed by atoms with Gasteiger partial charge in [0.15, 0.2) is 0 Å². The molecule has 0 fully saturated rings. The number of carboxylic acids is 1. The molecular weight excluding hydrogens is 276 g/mol. The maximum Gasteiger partial charge on any atom is 0.300 e. The molecule has 0 aromatic carbocycles. The van der Waals surface area contributed by atoms with Crippen molar-refractivity contribution in [2.75, 3.05) is 6.61 Å². The number of allylic oxidation sites excluding steroid dienone is 2. The summed E-state index contributed by atoms with van der Waals surface area (Å²) >= 11 is 0. The Kier molecular flexibility index (Phi) is 23.9. The number of aliphatic hydroxyl groups is 1. The Morgan fingerprint density at radius 3 is 1.55 bits per heavy atom. The molecule has 0 aromatic rings. The van der Waals surface area contributed by atoms with Gasteiger partial charge < -0.3 is 10.2 Å². The minimum absolute atomic E-state index is 0.359. The fourth-order valence-corrected chi connectivity index (χ4v) is 2.18. The molecule has 0 amide bonds. The van der Waals surface area contributed by atoms with Crippen LogP contribution >= 0.6 is 0 Å². The minimum Gasteiger partial charge on any atom is -0.481 e. The number of unbranched alkanes of at least 4 members (excludes halogenated alkanes) is 11. The summed E-state index contributed by atoms with van der Waals surface area (Å²) in [4.78, 5) is 9.00. The summed E-state index contributed by atoms with van der Waals surface area (Å²) in [6.45, 7) is 3.71. The van der Waals surface area contributed by atoms with Gasteiger partial charge >= 0.3 is 0 Å². The third-order valence-corrected chi connectivity index (χ3v) is 3.42. The maximum absolute atomic E-state index is 9.00. The predicted octanol–water partition coefficient (Wildman–Crippen LogP) is 5.72. The fourth-order valence-electron chi connectivity index (χ4n) is 2.18. The highest BCUT2D eigenvalue weighted by molar-refractivity contribution is 5.62. The lowest BCUT2D eigenvalue weighted by atomic mass is 10.1. The summed E-state index contributed by atoms with van der Waals surface area (Å²) < 4.78 is 0. The zero-order valence-electron chi connectivity index (χ0n) is 14.9. The van der Waals surface area contributed by atoms with Gasteiger partial charge in [0.05, 0.1) is 0 Å². The largest absolute Gasteiger partial charge is 0.481 e. The predicted molar refractivity (Wildman–Crippen MR) is 95.2 cm³/mol. The van der Waals surface area contributed by atoms with Crippen LogP contribution in [0.25, 0.3) is 0 Å². The van der Waals surface area contributed by atoms with Crippen molar-refractivity contribution in [1.29, 1.82) is 0 Å². The van der Waals surface area contributed by atoms with Crippen molar-refractivity contribution in [3.8, 4) is 0 Å². The first-order valence-electron chi connectivity index (χ1n) is 9.10. The van der Waals surface area contributed by atoms with Gasteiger partial charge in [-0.05, 0) is 32.1 Å². The van der Waals surface area contributed by atoms with E-state index in [0.29, 0.717) is 6.61 Å². The van der Waals surface area contributed by atoms with Crippen LogP contribution in [-0.4, -0.2) is 22.8 Å². The second kappa shape index (κ2) is 22.5. The molecular formula is C19H38O3. The summed E-state index contributed by atoms with van der Waals surface area (Å²) in [5.41, 5.74) is 0. The molecule has 2 N–H and O–H groups in total. The van der Waals surface area contributed by atoms with Gasteiger partial charge in [-0.1, -0.05) is 70.4 Å². The SMILES string of the molecule is CC(=O)O.CCCCCCCC/C=C\CCCCCCCO. The van der Waals surface area contributed by atoms with Crippen LogP contribution in [0.3, 0.4) is 0 Å². The highest BCUT2D eigenvalue weighted by Gasteiger charge is 1.89. The first-order chi connectivity index (χ1) is 10.6. The lowest BCUT2D eigenvalue weighted by Gasteiger charge is -1.98. The van der Waals surface area contributed by atoms with E-state index in [1.165, 1.54) is 77.0 Å². The second-order valence-electron chi connectivity index (χ2n) is 5.83. The molecule has 0 saturated carbocycles. The van der Waals surface area contributed by atoms with Crippen LogP contribution in [0.2, 0.25) is 0 Å². The monoisotopic (exact) mass is 314 g/mol. The van der Waals surface area contributed by atoms with Crippen molar-refractivity contribution in [2.24, 2.45) is 0 Å².